The molecule has 5 heteroatoms. The maximum Gasteiger partial charge on any atom is 0.253 e. The SMILES string of the molecule is CCCS(=O)(=O)c1ccccc1C(=O)NC(C)(C)CC. The van der Waals surface area contributed by atoms with Crippen molar-refractivity contribution in [3.8, 4) is 0 Å². The summed E-state index contributed by atoms with van der Waals surface area (Å²) in [4.78, 5) is 12.4. The van der Waals surface area contributed by atoms with Gasteiger partial charge in [0.15, 0.2) is 9.84 Å². The molecule has 1 N–H and O–H groups in total. The standard InChI is InChI=1S/C15H23NO3S/c1-5-11-20(18,19)13-10-8-7-9-12(13)14(17)16-15(3,4)6-2/h7-10H,5-6,11H2,1-4H3,(H,16,17). The zero-order valence-corrected chi connectivity index (χ0v) is 13.4. The highest BCUT2D eigenvalue weighted by atomic mass is 32.2. The van der Waals surface area contributed by atoms with Gasteiger partial charge in [-0.2, -0.15) is 0 Å². The number of nitrogens with one attached hydrogen (secondary N) is 1. The Hall–Kier alpha value is -1.36. The van der Waals surface area contributed by atoms with Gasteiger partial charge in [-0.15, -0.1) is 0 Å². The minimum Gasteiger partial charge on any atom is -0.347 e. The fraction of sp³-hybridized carbons (Fsp3) is 0.533. The molecule has 0 spiro atoms. The Morgan fingerprint density at radius 1 is 1.20 bits per heavy atom. The van der Waals surface area contributed by atoms with E-state index in [1.54, 1.807) is 25.1 Å². The highest BCUT2D eigenvalue weighted by Crippen LogP contribution is 2.19. The first-order valence-electron chi connectivity index (χ1n) is 6.88. The summed E-state index contributed by atoms with van der Waals surface area (Å²) >= 11 is 0. The Bertz CT molecular complexity index is 577. The second kappa shape index (κ2) is 6.39. The van der Waals surface area contributed by atoms with Crippen LogP contribution < -0.4 is 5.32 Å². The predicted molar refractivity (Wildman–Crippen MR) is 80.6 cm³/mol. The highest BCUT2D eigenvalue weighted by Gasteiger charge is 2.24. The summed E-state index contributed by atoms with van der Waals surface area (Å²) in [5, 5.41) is 2.87. The van der Waals surface area contributed by atoms with Crippen LogP contribution in [0.1, 0.15) is 50.9 Å². The largest absolute Gasteiger partial charge is 0.347 e. The molecule has 0 heterocycles. The quantitative estimate of drug-likeness (QED) is 0.878. The lowest BCUT2D eigenvalue weighted by atomic mass is 10.0. The van der Waals surface area contributed by atoms with Crippen molar-refractivity contribution in [1.82, 2.24) is 5.32 Å². The van der Waals surface area contributed by atoms with Crippen LogP contribution in [-0.2, 0) is 9.84 Å². The first-order chi connectivity index (χ1) is 9.23. The molecule has 20 heavy (non-hydrogen) atoms. The Kier molecular flexibility index (Phi) is 5.34. The molecule has 0 aliphatic carbocycles. The van der Waals surface area contributed by atoms with Gasteiger partial charge in [-0.1, -0.05) is 26.0 Å². The van der Waals surface area contributed by atoms with Crippen LogP contribution >= 0.6 is 0 Å². The van der Waals surface area contributed by atoms with Gasteiger partial charge in [0.1, 0.15) is 0 Å². The third-order valence-corrected chi connectivity index (χ3v) is 5.25. The molecule has 0 fully saturated rings. The summed E-state index contributed by atoms with van der Waals surface area (Å²) < 4.78 is 24.4. The monoisotopic (exact) mass is 297 g/mol. The molecule has 112 valence electrons. The second-order valence-corrected chi connectivity index (χ2v) is 7.58. The maximum atomic E-state index is 12.3. The van der Waals surface area contributed by atoms with Gasteiger partial charge < -0.3 is 5.32 Å². The normalized spacial score (nSPS) is 12.2. The average molecular weight is 297 g/mol. The van der Waals surface area contributed by atoms with E-state index in [1.807, 2.05) is 20.8 Å². The number of carbonyl (C=O) groups excluding carboxylic acids is 1. The van der Waals surface area contributed by atoms with Crippen molar-refractivity contribution >= 4 is 15.7 Å². The molecule has 1 aromatic carbocycles. The van der Waals surface area contributed by atoms with Gasteiger partial charge in [-0.05, 0) is 38.8 Å². The third-order valence-electron chi connectivity index (χ3n) is 3.28. The molecule has 1 aromatic rings. The summed E-state index contributed by atoms with van der Waals surface area (Å²) in [7, 11) is -3.41. The molecule has 0 saturated heterocycles. The van der Waals surface area contributed by atoms with E-state index in [-0.39, 0.29) is 27.7 Å². The Labute approximate surface area is 121 Å². The van der Waals surface area contributed by atoms with Crippen LogP contribution in [0.15, 0.2) is 29.2 Å². The van der Waals surface area contributed by atoms with Gasteiger partial charge >= 0.3 is 0 Å². The Morgan fingerprint density at radius 3 is 2.35 bits per heavy atom. The molecule has 1 rings (SSSR count). The molecule has 0 bridgehead atoms. The van der Waals surface area contributed by atoms with Crippen molar-refractivity contribution in [3.05, 3.63) is 29.8 Å². The first-order valence-corrected chi connectivity index (χ1v) is 8.53. The van der Waals surface area contributed by atoms with Crippen molar-refractivity contribution in [2.45, 2.75) is 51.0 Å². The Balaban J connectivity index is 3.18. The zero-order chi connectivity index (χ0) is 15.4. The number of rotatable bonds is 6. The first kappa shape index (κ1) is 16.7. The van der Waals surface area contributed by atoms with E-state index in [0.717, 1.165) is 6.42 Å². The molecular weight excluding hydrogens is 274 g/mol. The zero-order valence-electron chi connectivity index (χ0n) is 12.6. The number of hydrogen-bond donors (Lipinski definition) is 1. The minimum absolute atomic E-state index is 0.0501. The molecule has 0 radical (unpaired) electrons. The molecule has 0 unspecified atom stereocenters. The van der Waals surface area contributed by atoms with Gasteiger partial charge in [0.25, 0.3) is 5.91 Å². The van der Waals surface area contributed by atoms with Crippen LogP contribution in [0.4, 0.5) is 0 Å². The van der Waals surface area contributed by atoms with E-state index in [2.05, 4.69) is 5.32 Å². The van der Waals surface area contributed by atoms with Crippen LogP contribution in [0.2, 0.25) is 0 Å². The van der Waals surface area contributed by atoms with Crippen LogP contribution in [0.25, 0.3) is 0 Å². The maximum absolute atomic E-state index is 12.3. The number of hydrogen-bond acceptors (Lipinski definition) is 3. The number of amides is 1. The van der Waals surface area contributed by atoms with Gasteiger partial charge in [0.05, 0.1) is 16.2 Å². The van der Waals surface area contributed by atoms with Crippen molar-refractivity contribution in [1.29, 1.82) is 0 Å². The molecule has 1 amide bonds. The van der Waals surface area contributed by atoms with E-state index in [0.29, 0.717) is 6.42 Å². The van der Waals surface area contributed by atoms with Crippen LogP contribution in [0.5, 0.6) is 0 Å². The highest BCUT2D eigenvalue weighted by molar-refractivity contribution is 7.91. The number of benzene rings is 1. The molecule has 4 nitrogen and oxygen atoms in total. The van der Waals surface area contributed by atoms with Crippen molar-refractivity contribution < 1.29 is 13.2 Å². The summed E-state index contributed by atoms with van der Waals surface area (Å²) in [6.07, 6.45) is 1.29. The van der Waals surface area contributed by atoms with E-state index in [4.69, 9.17) is 0 Å². The van der Waals surface area contributed by atoms with Gasteiger partial charge in [-0.3, -0.25) is 4.79 Å². The van der Waals surface area contributed by atoms with E-state index in [1.165, 1.54) is 6.07 Å². The summed E-state index contributed by atoms with van der Waals surface area (Å²) in [5.41, 5.74) is -0.138. The third kappa shape index (κ3) is 4.07. The lowest BCUT2D eigenvalue weighted by Gasteiger charge is -2.25. The second-order valence-electron chi connectivity index (χ2n) is 5.51. The number of sulfone groups is 1. The van der Waals surface area contributed by atoms with Crippen LogP contribution in [0.3, 0.4) is 0 Å². The molecule has 0 aliphatic rings. The summed E-state index contributed by atoms with van der Waals surface area (Å²) in [5.74, 6) is -0.291. The summed E-state index contributed by atoms with van der Waals surface area (Å²) in [6.45, 7) is 7.60. The fourth-order valence-electron chi connectivity index (χ4n) is 1.77. The van der Waals surface area contributed by atoms with Gasteiger partial charge in [-0.25, -0.2) is 8.42 Å². The lowest BCUT2D eigenvalue weighted by molar-refractivity contribution is 0.0908. The van der Waals surface area contributed by atoms with Gasteiger partial charge in [0.2, 0.25) is 0 Å². The molecule has 0 saturated carbocycles. The fourth-order valence-corrected chi connectivity index (χ4v) is 3.31. The molecular formula is C15H23NO3S. The van der Waals surface area contributed by atoms with E-state index < -0.39 is 9.84 Å². The van der Waals surface area contributed by atoms with E-state index >= 15 is 0 Å². The Morgan fingerprint density at radius 2 is 1.80 bits per heavy atom. The predicted octanol–water partition coefficient (Wildman–Crippen LogP) is 2.79. The van der Waals surface area contributed by atoms with Crippen molar-refractivity contribution in [3.63, 3.8) is 0 Å². The molecule has 0 atom stereocenters. The van der Waals surface area contributed by atoms with Gasteiger partial charge in [0, 0.05) is 5.54 Å². The number of carbonyl (C=O) groups is 1. The topological polar surface area (TPSA) is 63.2 Å². The molecule has 0 aromatic heterocycles. The van der Waals surface area contributed by atoms with Crippen molar-refractivity contribution in [2.75, 3.05) is 5.75 Å². The minimum atomic E-state index is -3.41. The lowest BCUT2D eigenvalue weighted by Crippen LogP contribution is -2.43. The van der Waals surface area contributed by atoms with Crippen LogP contribution in [-0.4, -0.2) is 25.6 Å². The van der Waals surface area contributed by atoms with E-state index in [9.17, 15) is 13.2 Å². The van der Waals surface area contributed by atoms with Crippen LogP contribution in [0, 0.1) is 0 Å². The van der Waals surface area contributed by atoms with Crippen molar-refractivity contribution in [2.24, 2.45) is 0 Å². The smallest absolute Gasteiger partial charge is 0.253 e. The molecule has 0 aliphatic heterocycles. The summed E-state index contributed by atoms with van der Waals surface area (Å²) in [6, 6.07) is 6.38. The average Bonchev–Trinajstić information content (AvgIpc) is 2.38.